The van der Waals surface area contributed by atoms with Crippen molar-refractivity contribution in [3.05, 3.63) is 0 Å². The summed E-state index contributed by atoms with van der Waals surface area (Å²) in [6.45, 7) is 6.84. The average Bonchev–Trinajstić information content (AvgIpc) is 2.34. The zero-order valence-corrected chi connectivity index (χ0v) is 12.9. The summed E-state index contributed by atoms with van der Waals surface area (Å²) in [6, 6.07) is 0. The minimum atomic E-state index is -0.662. The van der Waals surface area contributed by atoms with E-state index in [2.05, 4.69) is 19.2 Å². The number of nitrogens with one attached hydrogen (secondary N) is 1. The number of rotatable bonds is 14. The van der Waals surface area contributed by atoms with Crippen molar-refractivity contribution in [3.8, 4) is 0 Å². The van der Waals surface area contributed by atoms with Gasteiger partial charge in [0, 0.05) is 6.42 Å². The zero-order chi connectivity index (χ0) is 14.3. The lowest BCUT2D eigenvalue weighted by Crippen LogP contribution is -2.17. The van der Waals surface area contributed by atoms with Crippen LogP contribution in [0.5, 0.6) is 0 Å². The summed E-state index contributed by atoms with van der Waals surface area (Å²) in [6.07, 6.45) is 11.2. The Morgan fingerprint density at radius 3 is 1.95 bits per heavy atom. The summed E-state index contributed by atoms with van der Waals surface area (Å²) < 4.78 is 0. The Balaban J connectivity index is 2.97. The molecule has 0 amide bonds. The van der Waals surface area contributed by atoms with Gasteiger partial charge in [-0.1, -0.05) is 52.4 Å². The largest absolute Gasteiger partial charge is 0.481 e. The minimum absolute atomic E-state index is 0.335. The van der Waals surface area contributed by atoms with Gasteiger partial charge in [-0.25, -0.2) is 0 Å². The van der Waals surface area contributed by atoms with Gasteiger partial charge in [0.25, 0.3) is 0 Å². The highest BCUT2D eigenvalue weighted by Gasteiger charge is 1.97. The van der Waals surface area contributed by atoms with Crippen molar-refractivity contribution in [2.45, 2.75) is 78.1 Å². The molecule has 3 heteroatoms. The number of aliphatic carboxylic acids is 1. The second-order valence-electron chi connectivity index (χ2n) is 5.90. The first-order valence-corrected chi connectivity index (χ1v) is 8.05. The maximum atomic E-state index is 10.3. The van der Waals surface area contributed by atoms with Gasteiger partial charge >= 0.3 is 5.97 Å². The van der Waals surface area contributed by atoms with Crippen LogP contribution in [0.25, 0.3) is 0 Å². The fraction of sp³-hybridized carbons (Fsp3) is 0.938. The predicted octanol–water partition coefficient (Wildman–Crippen LogP) is 4.22. The van der Waals surface area contributed by atoms with Crippen LogP contribution in [0.4, 0.5) is 0 Å². The molecule has 0 bridgehead atoms. The normalized spacial score (nSPS) is 11.1. The molecule has 0 aromatic carbocycles. The lowest BCUT2D eigenvalue weighted by Gasteiger charge is -2.06. The van der Waals surface area contributed by atoms with Crippen molar-refractivity contribution >= 4 is 5.97 Å². The number of carbonyl (C=O) groups is 1. The number of hydrogen-bond acceptors (Lipinski definition) is 2. The van der Waals surface area contributed by atoms with E-state index in [9.17, 15) is 4.79 Å². The molecule has 0 heterocycles. The number of unbranched alkanes of at least 4 members (excludes halogenated alkanes) is 7. The SMILES string of the molecule is CC(C)CCNCCCCCCCCCCC(=O)O. The van der Waals surface area contributed by atoms with Gasteiger partial charge < -0.3 is 10.4 Å². The molecule has 19 heavy (non-hydrogen) atoms. The Morgan fingerprint density at radius 2 is 1.42 bits per heavy atom. The van der Waals surface area contributed by atoms with Crippen LogP contribution in [0.15, 0.2) is 0 Å². The lowest BCUT2D eigenvalue weighted by molar-refractivity contribution is -0.137. The van der Waals surface area contributed by atoms with E-state index in [0.29, 0.717) is 6.42 Å². The van der Waals surface area contributed by atoms with Crippen molar-refractivity contribution < 1.29 is 9.90 Å². The highest BCUT2D eigenvalue weighted by Crippen LogP contribution is 2.09. The summed E-state index contributed by atoms with van der Waals surface area (Å²) in [4.78, 5) is 10.3. The van der Waals surface area contributed by atoms with E-state index in [1.807, 2.05) is 0 Å². The third kappa shape index (κ3) is 17.4. The summed E-state index contributed by atoms with van der Waals surface area (Å²) in [5.41, 5.74) is 0. The van der Waals surface area contributed by atoms with Crippen molar-refractivity contribution in [3.63, 3.8) is 0 Å². The Kier molecular flexibility index (Phi) is 13.4. The maximum absolute atomic E-state index is 10.3. The van der Waals surface area contributed by atoms with Crippen molar-refractivity contribution in [1.82, 2.24) is 5.32 Å². The third-order valence-electron chi connectivity index (χ3n) is 3.39. The Bertz CT molecular complexity index is 205. The van der Waals surface area contributed by atoms with E-state index in [-0.39, 0.29) is 0 Å². The Morgan fingerprint density at radius 1 is 0.895 bits per heavy atom. The van der Waals surface area contributed by atoms with E-state index in [1.165, 1.54) is 44.9 Å². The summed E-state index contributed by atoms with van der Waals surface area (Å²) in [7, 11) is 0. The number of hydrogen-bond donors (Lipinski definition) is 2. The van der Waals surface area contributed by atoms with Gasteiger partial charge in [-0.05, 0) is 38.3 Å². The Hall–Kier alpha value is -0.570. The standard InChI is InChI=1S/C16H33NO2/c1-15(2)12-14-17-13-10-8-6-4-3-5-7-9-11-16(18)19/h15,17H,3-14H2,1-2H3,(H,18,19). The van der Waals surface area contributed by atoms with Crippen LogP contribution in [0, 0.1) is 5.92 Å². The topological polar surface area (TPSA) is 49.3 Å². The van der Waals surface area contributed by atoms with E-state index >= 15 is 0 Å². The molecule has 3 nitrogen and oxygen atoms in total. The van der Waals surface area contributed by atoms with E-state index in [0.717, 1.165) is 31.8 Å². The molecular weight excluding hydrogens is 238 g/mol. The fourth-order valence-corrected chi connectivity index (χ4v) is 2.10. The van der Waals surface area contributed by atoms with Gasteiger partial charge in [-0.15, -0.1) is 0 Å². The maximum Gasteiger partial charge on any atom is 0.303 e. The molecule has 114 valence electrons. The van der Waals surface area contributed by atoms with Gasteiger partial charge in [0.15, 0.2) is 0 Å². The van der Waals surface area contributed by atoms with Gasteiger partial charge in [-0.3, -0.25) is 4.79 Å². The minimum Gasteiger partial charge on any atom is -0.481 e. The van der Waals surface area contributed by atoms with Crippen LogP contribution < -0.4 is 5.32 Å². The lowest BCUT2D eigenvalue weighted by atomic mass is 10.1. The molecule has 2 N–H and O–H groups in total. The first-order valence-electron chi connectivity index (χ1n) is 8.05. The molecule has 0 aliphatic carbocycles. The molecule has 0 spiro atoms. The highest BCUT2D eigenvalue weighted by atomic mass is 16.4. The van der Waals surface area contributed by atoms with E-state index < -0.39 is 5.97 Å². The predicted molar refractivity (Wildman–Crippen MR) is 81.5 cm³/mol. The van der Waals surface area contributed by atoms with E-state index in [4.69, 9.17) is 5.11 Å². The van der Waals surface area contributed by atoms with Crippen LogP contribution in [-0.2, 0) is 4.79 Å². The van der Waals surface area contributed by atoms with Gasteiger partial charge in [0.1, 0.15) is 0 Å². The second-order valence-corrected chi connectivity index (χ2v) is 5.90. The van der Waals surface area contributed by atoms with Gasteiger partial charge in [0.2, 0.25) is 0 Å². The zero-order valence-electron chi connectivity index (χ0n) is 12.9. The monoisotopic (exact) mass is 271 g/mol. The van der Waals surface area contributed by atoms with Crippen molar-refractivity contribution in [2.24, 2.45) is 5.92 Å². The molecule has 0 unspecified atom stereocenters. The molecule has 0 atom stereocenters. The van der Waals surface area contributed by atoms with Gasteiger partial charge in [0.05, 0.1) is 0 Å². The Labute approximate surface area is 119 Å². The molecule has 0 radical (unpaired) electrons. The van der Waals surface area contributed by atoms with Crippen LogP contribution in [0.2, 0.25) is 0 Å². The molecule has 0 aliphatic heterocycles. The molecular formula is C16H33NO2. The molecule has 0 aromatic rings. The second kappa shape index (κ2) is 13.9. The summed E-state index contributed by atoms with van der Waals surface area (Å²) >= 11 is 0. The van der Waals surface area contributed by atoms with Crippen LogP contribution in [-0.4, -0.2) is 24.2 Å². The molecule has 0 aliphatic rings. The summed E-state index contributed by atoms with van der Waals surface area (Å²) in [5, 5.41) is 12.0. The smallest absolute Gasteiger partial charge is 0.303 e. The fourth-order valence-electron chi connectivity index (χ4n) is 2.10. The van der Waals surface area contributed by atoms with Crippen molar-refractivity contribution in [2.75, 3.05) is 13.1 Å². The van der Waals surface area contributed by atoms with E-state index in [1.54, 1.807) is 0 Å². The molecule has 0 fully saturated rings. The molecule has 0 saturated carbocycles. The summed E-state index contributed by atoms with van der Waals surface area (Å²) in [5.74, 6) is 0.138. The highest BCUT2D eigenvalue weighted by molar-refractivity contribution is 5.66. The molecule has 0 rings (SSSR count). The molecule has 0 saturated heterocycles. The van der Waals surface area contributed by atoms with Crippen LogP contribution >= 0.6 is 0 Å². The number of carboxylic acid groups (broad SMARTS) is 1. The van der Waals surface area contributed by atoms with Crippen molar-refractivity contribution in [1.29, 1.82) is 0 Å². The first-order chi connectivity index (χ1) is 9.13. The average molecular weight is 271 g/mol. The van der Waals surface area contributed by atoms with Crippen LogP contribution in [0.1, 0.15) is 78.1 Å². The van der Waals surface area contributed by atoms with Gasteiger partial charge in [-0.2, -0.15) is 0 Å². The molecule has 0 aromatic heterocycles. The third-order valence-corrected chi connectivity index (χ3v) is 3.39. The quantitative estimate of drug-likeness (QED) is 0.465. The number of carboxylic acids is 1. The van der Waals surface area contributed by atoms with Crippen LogP contribution in [0.3, 0.4) is 0 Å². The first kappa shape index (κ1) is 18.4.